The van der Waals surface area contributed by atoms with E-state index in [0.29, 0.717) is 11.3 Å². The predicted molar refractivity (Wildman–Crippen MR) is 80.9 cm³/mol. The highest BCUT2D eigenvalue weighted by Gasteiger charge is 2.31. The molecule has 0 saturated carbocycles. The molecule has 0 fully saturated rings. The minimum absolute atomic E-state index is 0.362. The topological polar surface area (TPSA) is 21.3 Å². The van der Waals surface area contributed by atoms with E-state index in [-0.39, 0.29) is 0 Å². The van der Waals surface area contributed by atoms with Gasteiger partial charge in [-0.2, -0.15) is 0 Å². The van der Waals surface area contributed by atoms with Crippen LogP contribution in [-0.4, -0.2) is 19.7 Å². The lowest BCUT2D eigenvalue weighted by atomic mass is 9.77. The molecule has 1 heterocycles. The molecule has 19 heavy (non-hydrogen) atoms. The zero-order valence-corrected chi connectivity index (χ0v) is 12.5. The molecule has 2 unspecified atom stereocenters. The van der Waals surface area contributed by atoms with Gasteiger partial charge < -0.3 is 10.1 Å². The van der Waals surface area contributed by atoms with Gasteiger partial charge in [-0.3, -0.25) is 0 Å². The van der Waals surface area contributed by atoms with E-state index in [1.165, 1.54) is 24.8 Å². The Morgan fingerprint density at radius 2 is 2.11 bits per heavy atom. The second kappa shape index (κ2) is 6.42. The van der Waals surface area contributed by atoms with Crippen LogP contribution >= 0.6 is 0 Å². The van der Waals surface area contributed by atoms with Crippen molar-refractivity contribution in [2.45, 2.75) is 46.0 Å². The normalized spacial score (nSPS) is 20.7. The minimum Gasteiger partial charge on any atom is -0.493 e. The van der Waals surface area contributed by atoms with Crippen molar-refractivity contribution >= 4 is 0 Å². The Balaban J connectivity index is 1.99. The van der Waals surface area contributed by atoms with Crippen LogP contribution in [0.2, 0.25) is 0 Å². The van der Waals surface area contributed by atoms with E-state index >= 15 is 0 Å². The number of rotatable bonds is 7. The van der Waals surface area contributed by atoms with Gasteiger partial charge in [0.1, 0.15) is 5.75 Å². The maximum absolute atomic E-state index is 5.81. The van der Waals surface area contributed by atoms with Gasteiger partial charge in [0.25, 0.3) is 0 Å². The van der Waals surface area contributed by atoms with E-state index in [1.807, 2.05) is 0 Å². The van der Waals surface area contributed by atoms with Gasteiger partial charge in [-0.25, -0.2) is 0 Å². The van der Waals surface area contributed by atoms with Crippen molar-refractivity contribution in [1.29, 1.82) is 0 Å². The molecule has 1 N–H and O–H groups in total. The molecule has 1 aliphatic heterocycles. The van der Waals surface area contributed by atoms with Gasteiger partial charge in [-0.05, 0) is 37.3 Å². The first-order valence-corrected chi connectivity index (χ1v) is 7.61. The molecule has 0 bridgehead atoms. The van der Waals surface area contributed by atoms with Gasteiger partial charge in [-0.1, -0.05) is 39.0 Å². The van der Waals surface area contributed by atoms with Crippen molar-refractivity contribution in [2.24, 2.45) is 5.41 Å². The van der Waals surface area contributed by atoms with Crippen molar-refractivity contribution in [3.05, 3.63) is 29.8 Å². The largest absolute Gasteiger partial charge is 0.493 e. The minimum atomic E-state index is 0.362. The highest BCUT2D eigenvalue weighted by atomic mass is 16.5. The fourth-order valence-corrected chi connectivity index (χ4v) is 2.90. The third-order valence-electron chi connectivity index (χ3n) is 4.37. The molecule has 2 rings (SSSR count). The summed E-state index contributed by atoms with van der Waals surface area (Å²) < 4.78 is 5.81. The second-order valence-electron chi connectivity index (χ2n) is 6.09. The van der Waals surface area contributed by atoms with Gasteiger partial charge in [0.15, 0.2) is 0 Å². The summed E-state index contributed by atoms with van der Waals surface area (Å²) in [5.74, 6) is 1.65. The second-order valence-corrected chi connectivity index (χ2v) is 6.09. The Bertz CT molecular complexity index is 404. The Kier molecular flexibility index (Phi) is 4.87. The van der Waals surface area contributed by atoms with E-state index in [9.17, 15) is 0 Å². The lowest BCUT2D eigenvalue weighted by Crippen LogP contribution is -2.33. The van der Waals surface area contributed by atoms with Crippen LogP contribution in [0.3, 0.4) is 0 Å². The van der Waals surface area contributed by atoms with E-state index in [2.05, 4.69) is 50.4 Å². The summed E-state index contributed by atoms with van der Waals surface area (Å²) in [6, 6.07) is 8.50. The molecule has 106 valence electrons. The Morgan fingerprint density at radius 3 is 2.84 bits per heavy atom. The number of fused-ring (bicyclic) bond motifs is 1. The van der Waals surface area contributed by atoms with E-state index < -0.39 is 0 Å². The average Bonchev–Trinajstić information content (AvgIpc) is 2.82. The summed E-state index contributed by atoms with van der Waals surface area (Å²) in [7, 11) is 0. The summed E-state index contributed by atoms with van der Waals surface area (Å²) in [5.41, 5.74) is 1.76. The highest BCUT2D eigenvalue weighted by molar-refractivity contribution is 5.39. The molecule has 2 atom stereocenters. The average molecular weight is 261 g/mol. The molecule has 0 saturated heterocycles. The zero-order chi connectivity index (χ0) is 13.7. The molecule has 1 aromatic carbocycles. The zero-order valence-electron chi connectivity index (χ0n) is 12.5. The van der Waals surface area contributed by atoms with Crippen LogP contribution < -0.4 is 10.1 Å². The third-order valence-corrected chi connectivity index (χ3v) is 4.37. The lowest BCUT2D eigenvalue weighted by molar-refractivity contribution is 0.225. The number of nitrogens with one attached hydrogen (secondary N) is 1. The molecular weight excluding hydrogens is 234 g/mol. The fourth-order valence-electron chi connectivity index (χ4n) is 2.90. The molecule has 0 radical (unpaired) electrons. The van der Waals surface area contributed by atoms with Crippen LogP contribution in [0.4, 0.5) is 0 Å². The summed E-state index contributed by atoms with van der Waals surface area (Å²) >= 11 is 0. The molecule has 1 aromatic rings. The molecule has 0 aromatic heterocycles. The van der Waals surface area contributed by atoms with Crippen molar-refractivity contribution in [1.82, 2.24) is 5.32 Å². The Morgan fingerprint density at radius 1 is 1.32 bits per heavy atom. The SMILES string of the molecule is CCCNCC(C)(CC)CC1COc2ccccc21. The number of para-hydroxylation sites is 1. The van der Waals surface area contributed by atoms with Crippen LogP contribution in [0.15, 0.2) is 24.3 Å². The van der Waals surface area contributed by atoms with Gasteiger partial charge in [0.05, 0.1) is 6.61 Å². The summed E-state index contributed by atoms with van der Waals surface area (Å²) in [6.45, 7) is 10.00. The first-order chi connectivity index (χ1) is 9.18. The van der Waals surface area contributed by atoms with Gasteiger partial charge in [0.2, 0.25) is 0 Å². The molecule has 0 amide bonds. The van der Waals surface area contributed by atoms with Crippen molar-refractivity contribution in [2.75, 3.05) is 19.7 Å². The number of ether oxygens (including phenoxy) is 1. The summed E-state index contributed by atoms with van der Waals surface area (Å²) in [6.07, 6.45) is 3.62. The van der Waals surface area contributed by atoms with Crippen molar-refractivity contribution in [3.8, 4) is 5.75 Å². The lowest BCUT2D eigenvalue weighted by Gasteiger charge is -2.31. The molecule has 2 heteroatoms. The quantitative estimate of drug-likeness (QED) is 0.750. The first-order valence-electron chi connectivity index (χ1n) is 7.61. The predicted octanol–water partition coefficient (Wildman–Crippen LogP) is 3.97. The standard InChI is InChI=1S/C17H27NO/c1-4-10-18-13-17(3,5-2)11-14-12-19-16-9-7-6-8-15(14)16/h6-9,14,18H,4-5,10-13H2,1-3H3. The maximum atomic E-state index is 5.81. The van der Waals surface area contributed by atoms with E-state index in [1.54, 1.807) is 0 Å². The Labute approximate surface area is 117 Å². The van der Waals surface area contributed by atoms with Crippen molar-refractivity contribution in [3.63, 3.8) is 0 Å². The monoisotopic (exact) mass is 261 g/mol. The number of hydrogen-bond donors (Lipinski definition) is 1. The fraction of sp³-hybridized carbons (Fsp3) is 0.647. The van der Waals surface area contributed by atoms with E-state index in [0.717, 1.165) is 25.4 Å². The molecule has 2 nitrogen and oxygen atoms in total. The number of hydrogen-bond acceptors (Lipinski definition) is 2. The molecule has 0 spiro atoms. The summed E-state index contributed by atoms with van der Waals surface area (Å²) in [5, 5.41) is 3.58. The van der Waals surface area contributed by atoms with Crippen LogP contribution in [-0.2, 0) is 0 Å². The van der Waals surface area contributed by atoms with Gasteiger partial charge >= 0.3 is 0 Å². The van der Waals surface area contributed by atoms with Crippen LogP contribution in [0.1, 0.15) is 51.5 Å². The van der Waals surface area contributed by atoms with Crippen LogP contribution in [0.5, 0.6) is 5.75 Å². The van der Waals surface area contributed by atoms with Gasteiger partial charge in [-0.15, -0.1) is 0 Å². The molecule has 1 aliphatic rings. The first kappa shape index (κ1) is 14.4. The van der Waals surface area contributed by atoms with E-state index in [4.69, 9.17) is 4.74 Å². The highest BCUT2D eigenvalue weighted by Crippen LogP contribution is 2.41. The van der Waals surface area contributed by atoms with Crippen molar-refractivity contribution < 1.29 is 4.74 Å². The van der Waals surface area contributed by atoms with Crippen LogP contribution in [0.25, 0.3) is 0 Å². The van der Waals surface area contributed by atoms with Gasteiger partial charge in [0, 0.05) is 18.0 Å². The maximum Gasteiger partial charge on any atom is 0.122 e. The third kappa shape index (κ3) is 3.50. The smallest absolute Gasteiger partial charge is 0.122 e. The Hall–Kier alpha value is -1.02. The van der Waals surface area contributed by atoms with Crippen LogP contribution in [0, 0.1) is 5.41 Å². The molecule has 0 aliphatic carbocycles. The summed E-state index contributed by atoms with van der Waals surface area (Å²) in [4.78, 5) is 0. The number of benzene rings is 1. The molecular formula is C17H27NO.